The van der Waals surface area contributed by atoms with Gasteiger partial charge in [0.05, 0.1) is 22.2 Å². The average molecular weight is 1260 g/mol. The summed E-state index contributed by atoms with van der Waals surface area (Å²) >= 11 is 0. The molecule has 2 aromatic heterocycles. The van der Waals surface area contributed by atoms with Gasteiger partial charge in [-0.15, -0.1) is 0 Å². The van der Waals surface area contributed by atoms with Gasteiger partial charge < -0.3 is 51.2 Å². The molecular formula is C75H94N10O8. The maximum Gasteiger partial charge on any atom is 0.410 e. The van der Waals surface area contributed by atoms with Crippen LogP contribution in [0.1, 0.15) is 196 Å². The molecule has 8 heterocycles. The van der Waals surface area contributed by atoms with E-state index in [-0.39, 0.29) is 59.1 Å². The third-order valence-corrected chi connectivity index (χ3v) is 22.5. The summed E-state index contributed by atoms with van der Waals surface area (Å²) in [5.41, 5.74) is 22.8. The first-order chi connectivity index (χ1) is 44.8. The van der Waals surface area contributed by atoms with Crippen LogP contribution in [-0.2, 0) is 22.3 Å². The van der Waals surface area contributed by atoms with Gasteiger partial charge >= 0.3 is 12.2 Å². The molecule has 14 rings (SSSR count). The Bertz CT molecular complexity index is 3870. The molecule has 6 N–H and O–H groups in total. The number of carbonyl (C=O) groups is 6. The first-order valence-electron chi connectivity index (χ1n) is 35.0. The number of nitrogens with zero attached hydrogens (tertiary/aromatic N) is 6. The molecule has 93 heavy (non-hydrogen) atoms. The number of hydrogen-bond acceptors (Lipinski definition) is 12. The maximum absolute atomic E-state index is 14.2. The summed E-state index contributed by atoms with van der Waals surface area (Å²) in [5.74, 6) is -0.484. The molecule has 4 aromatic carbocycles. The van der Waals surface area contributed by atoms with Gasteiger partial charge in [-0.25, -0.2) is 9.59 Å². The molecule has 6 aliphatic heterocycles. The van der Waals surface area contributed by atoms with Gasteiger partial charge in [0, 0.05) is 108 Å². The Labute approximate surface area is 546 Å². The fraction of sp³-hybridized carbons (Fsp3) is 0.547. The van der Waals surface area contributed by atoms with Crippen molar-refractivity contribution in [1.29, 1.82) is 0 Å². The number of rotatable bonds is 13. The van der Waals surface area contributed by atoms with E-state index in [2.05, 4.69) is 78.5 Å². The highest BCUT2D eigenvalue weighted by atomic mass is 16.6. The highest BCUT2D eigenvalue weighted by molar-refractivity contribution is 6.08. The second-order valence-corrected chi connectivity index (χ2v) is 30.2. The second kappa shape index (κ2) is 25.6. The third kappa shape index (κ3) is 12.8. The Morgan fingerprint density at radius 1 is 0.473 bits per heavy atom. The molecule has 2 aliphatic carbocycles. The van der Waals surface area contributed by atoms with Crippen molar-refractivity contribution in [1.82, 2.24) is 28.7 Å². The lowest BCUT2D eigenvalue weighted by atomic mass is 9.80. The molecule has 18 nitrogen and oxygen atoms in total. The van der Waals surface area contributed by atoms with Crippen molar-refractivity contribution >= 4 is 69.0 Å². The molecule has 492 valence electrons. The van der Waals surface area contributed by atoms with Crippen molar-refractivity contribution in [3.8, 4) is 22.3 Å². The number of likely N-dealkylation sites (tertiary alicyclic amines) is 4. The van der Waals surface area contributed by atoms with Gasteiger partial charge in [-0.3, -0.25) is 28.3 Å². The lowest BCUT2D eigenvalue weighted by Gasteiger charge is -2.42. The van der Waals surface area contributed by atoms with Gasteiger partial charge in [0.2, 0.25) is 11.8 Å². The summed E-state index contributed by atoms with van der Waals surface area (Å²) in [4.78, 5) is 89.8. The van der Waals surface area contributed by atoms with E-state index in [0.717, 1.165) is 172 Å². The molecule has 0 bridgehead atoms. The highest BCUT2D eigenvalue weighted by Gasteiger charge is 2.40. The zero-order valence-corrected chi connectivity index (χ0v) is 54.9. The zero-order chi connectivity index (χ0) is 64.4. The summed E-state index contributed by atoms with van der Waals surface area (Å²) in [6.07, 6.45) is 16.0. The van der Waals surface area contributed by atoms with Crippen LogP contribution in [0.4, 0.5) is 21.0 Å². The number of ether oxygens (including phenoxy) is 2. The van der Waals surface area contributed by atoms with E-state index < -0.39 is 11.8 Å². The van der Waals surface area contributed by atoms with Gasteiger partial charge in [-0.2, -0.15) is 0 Å². The monoisotopic (exact) mass is 1260 g/mol. The van der Waals surface area contributed by atoms with Crippen LogP contribution >= 0.6 is 0 Å². The van der Waals surface area contributed by atoms with Gasteiger partial charge in [-0.05, 0) is 218 Å². The van der Waals surface area contributed by atoms with E-state index in [4.69, 9.17) is 20.9 Å². The fourth-order valence-electron chi connectivity index (χ4n) is 17.6. The topological polar surface area (TPSA) is 220 Å². The molecule has 0 radical (unpaired) electrons. The minimum Gasteiger partial charge on any atom is -0.446 e. The molecular weight excluding hydrogens is 1170 g/mol. The molecule has 4 amide bonds. The van der Waals surface area contributed by atoms with Gasteiger partial charge in [0.15, 0.2) is 0 Å². The quantitative estimate of drug-likeness (QED) is 0.0849. The van der Waals surface area contributed by atoms with Crippen LogP contribution in [0.5, 0.6) is 0 Å². The fourth-order valence-corrected chi connectivity index (χ4v) is 17.6. The van der Waals surface area contributed by atoms with Crippen molar-refractivity contribution in [2.75, 3.05) is 63.0 Å². The Hall–Kier alpha value is -7.70. The maximum atomic E-state index is 14.2. The number of anilines is 2. The molecule has 0 spiro atoms. The molecule has 6 aromatic rings. The molecule has 4 saturated heterocycles. The minimum absolute atomic E-state index is 0.0541. The lowest BCUT2D eigenvalue weighted by molar-refractivity contribution is 0.0284. The standard InChI is InChI=1S/C75H94N10O8/c1-74(2)42-64-68(58-9-5-6-10-62(58)84(64)66(86)44-74)48-11-22-56(70(76)88)60(40-48)78-50-14-18-55(19-15-50)93-73(91)83-37-29-53(30-38-83)81-33-25-46(26-34-81)47-13-24-63-59(39-47)69(65-43-75(3,4)45-67(87)85(63)65)49-12-23-57(71(77)89)61(41-49)79-51-16-20-54(21-17-51)92-72(90)82-35-27-52(28-36-82)80-31-7-8-32-80/h5-6,9-13,22-24,39-41,46,50-55,78-79H,7-8,14-21,25-38,42-45H2,1-4H3,(H2,76,88)(H2,77,89). The Morgan fingerprint density at radius 2 is 0.914 bits per heavy atom. The average Bonchev–Trinajstić information content (AvgIpc) is 1.59. The van der Waals surface area contributed by atoms with Crippen molar-refractivity contribution in [3.05, 3.63) is 107 Å². The minimum atomic E-state index is -0.509. The van der Waals surface area contributed by atoms with Crippen molar-refractivity contribution in [2.45, 2.75) is 198 Å². The third-order valence-electron chi connectivity index (χ3n) is 22.5. The summed E-state index contributed by atoms with van der Waals surface area (Å²) in [6.45, 7) is 15.7. The summed E-state index contributed by atoms with van der Waals surface area (Å²) in [5, 5.41) is 9.44. The first-order valence-corrected chi connectivity index (χ1v) is 35.0. The Kier molecular flexibility index (Phi) is 17.2. The van der Waals surface area contributed by atoms with E-state index in [1.54, 1.807) is 6.07 Å². The number of carbonyl (C=O) groups excluding carboxylic acids is 6. The summed E-state index contributed by atoms with van der Waals surface area (Å²) in [7, 11) is 0. The number of hydrogen-bond donors (Lipinski definition) is 4. The predicted molar refractivity (Wildman–Crippen MR) is 363 cm³/mol. The van der Waals surface area contributed by atoms with Crippen LogP contribution in [0.2, 0.25) is 0 Å². The van der Waals surface area contributed by atoms with Crippen molar-refractivity contribution in [2.24, 2.45) is 22.3 Å². The smallest absolute Gasteiger partial charge is 0.410 e. The van der Waals surface area contributed by atoms with E-state index in [1.807, 2.05) is 61.4 Å². The molecule has 18 heteroatoms. The second-order valence-electron chi connectivity index (χ2n) is 30.2. The van der Waals surface area contributed by atoms with Gasteiger partial charge in [0.25, 0.3) is 11.8 Å². The summed E-state index contributed by atoms with van der Waals surface area (Å²) in [6, 6.07) is 27.5. The number of para-hydroxylation sites is 1. The SMILES string of the molecule is CC1(C)CC(=O)n2c(c(-c3ccc(C(N)=O)c(NC4CCC(OC(=O)N5CCC(N6CCC(c7ccc8c(c7)c(-c7ccc(C(N)=O)c(NC9CCC(OC(=O)N%10CCC(N%11CCCC%11)CC%10)CC9)c7)c7n8C(=O)CC(C)(C)C7)CC6)CC5)CC4)c3)c3ccccc32)C1. The normalized spacial score (nSPS) is 24.2. The van der Waals surface area contributed by atoms with E-state index in [1.165, 1.54) is 31.5 Å². The number of amides is 4. The van der Waals surface area contributed by atoms with Crippen LogP contribution in [0.3, 0.4) is 0 Å². The number of fused-ring (bicyclic) bond motifs is 6. The number of aromatic nitrogens is 2. The molecule has 2 saturated carbocycles. The summed E-state index contributed by atoms with van der Waals surface area (Å²) < 4.78 is 16.2. The number of nitrogens with two attached hydrogens (primary N) is 2. The van der Waals surface area contributed by atoms with E-state index >= 15 is 0 Å². The first kappa shape index (κ1) is 62.7. The predicted octanol–water partition coefficient (Wildman–Crippen LogP) is 13.0. The van der Waals surface area contributed by atoms with Gasteiger partial charge in [-0.1, -0.05) is 64.1 Å². The van der Waals surface area contributed by atoms with Crippen LogP contribution in [0.15, 0.2) is 78.9 Å². The van der Waals surface area contributed by atoms with Gasteiger partial charge in [0.1, 0.15) is 12.2 Å². The number of primary amides is 2. The number of nitrogens with one attached hydrogen (secondary N) is 2. The highest BCUT2D eigenvalue weighted by Crippen LogP contribution is 2.47. The van der Waals surface area contributed by atoms with Crippen LogP contribution in [-0.4, -0.2) is 153 Å². The van der Waals surface area contributed by atoms with E-state index in [0.29, 0.717) is 79.3 Å². The number of piperidine rings is 3. The largest absolute Gasteiger partial charge is 0.446 e. The van der Waals surface area contributed by atoms with E-state index in [9.17, 15) is 28.8 Å². The van der Waals surface area contributed by atoms with Crippen LogP contribution in [0, 0.1) is 10.8 Å². The number of benzene rings is 4. The lowest BCUT2D eigenvalue weighted by Crippen LogP contribution is -2.49. The molecule has 6 fully saturated rings. The van der Waals surface area contributed by atoms with Crippen molar-refractivity contribution < 1.29 is 38.2 Å². The molecule has 0 atom stereocenters. The Morgan fingerprint density at radius 3 is 1.39 bits per heavy atom. The molecule has 8 aliphatic rings. The van der Waals surface area contributed by atoms with Crippen LogP contribution in [0.25, 0.3) is 44.1 Å². The van der Waals surface area contributed by atoms with Crippen molar-refractivity contribution in [3.63, 3.8) is 0 Å². The van der Waals surface area contributed by atoms with Crippen LogP contribution < -0.4 is 22.1 Å². The molecule has 0 unspecified atom stereocenters. The Balaban J connectivity index is 0.583. The zero-order valence-electron chi connectivity index (χ0n) is 54.9.